The topological polar surface area (TPSA) is 12.0 Å². The third-order valence-electron chi connectivity index (χ3n) is 3.74. The molecule has 1 fully saturated rings. The quantitative estimate of drug-likeness (QED) is 0.808. The fourth-order valence-corrected chi connectivity index (χ4v) is 2.60. The highest BCUT2D eigenvalue weighted by molar-refractivity contribution is 5.26. The van der Waals surface area contributed by atoms with Crippen molar-refractivity contribution < 1.29 is 4.39 Å². The number of halogens is 1. The van der Waals surface area contributed by atoms with Crippen LogP contribution < -0.4 is 5.32 Å². The summed E-state index contributed by atoms with van der Waals surface area (Å²) in [6.07, 6.45) is 2.32. The Balaban J connectivity index is 2.15. The van der Waals surface area contributed by atoms with Gasteiger partial charge in [0.15, 0.2) is 0 Å². The van der Waals surface area contributed by atoms with Crippen LogP contribution in [0.4, 0.5) is 4.39 Å². The van der Waals surface area contributed by atoms with Crippen LogP contribution in [0.2, 0.25) is 0 Å². The van der Waals surface area contributed by atoms with Gasteiger partial charge in [-0.1, -0.05) is 19.1 Å². The van der Waals surface area contributed by atoms with Crippen molar-refractivity contribution >= 4 is 0 Å². The van der Waals surface area contributed by atoms with Crippen LogP contribution in [0.15, 0.2) is 18.2 Å². The van der Waals surface area contributed by atoms with Gasteiger partial charge in [0.1, 0.15) is 5.82 Å². The summed E-state index contributed by atoms with van der Waals surface area (Å²) in [5, 5.41) is 3.35. The molecule has 88 valence electrons. The average molecular weight is 221 g/mol. The summed E-state index contributed by atoms with van der Waals surface area (Å²) in [5.41, 5.74) is 1.89. The Morgan fingerprint density at radius 3 is 2.62 bits per heavy atom. The third kappa shape index (κ3) is 2.43. The van der Waals surface area contributed by atoms with E-state index in [2.05, 4.69) is 12.2 Å². The molecule has 1 atom stereocenters. The number of aryl methyl sites for hydroxylation is 1. The van der Waals surface area contributed by atoms with Crippen molar-refractivity contribution in [3.05, 3.63) is 35.1 Å². The fourth-order valence-electron chi connectivity index (χ4n) is 2.60. The molecule has 1 N–H and O–H groups in total. The number of nitrogens with one attached hydrogen (secondary N) is 1. The second-order valence-electron chi connectivity index (χ2n) is 4.90. The number of piperidine rings is 1. The Labute approximate surface area is 97.1 Å². The molecule has 2 heteroatoms. The van der Waals surface area contributed by atoms with E-state index in [0.717, 1.165) is 37.1 Å². The lowest BCUT2D eigenvalue weighted by molar-refractivity contribution is 0.325. The Morgan fingerprint density at radius 1 is 1.31 bits per heavy atom. The Bertz CT molecular complexity index is 356. The highest BCUT2D eigenvalue weighted by Gasteiger charge is 2.23. The molecule has 1 unspecified atom stereocenters. The van der Waals surface area contributed by atoms with Crippen LogP contribution in [0.3, 0.4) is 0 Å². The number of benzene rings is 1. The van der Waals surface area contributed by atoms with Crippen molar-refractivity contribution in [3.63, 3.8) is 0 Å². The second kappa shape index (κ2) is 4.96. The van der Waals surface area contributed by atoms with E-state index in [4.69, 9.17) is 0 Å². The summed E-state index contributed by atoms with van der Waals surface area (Å²) in [6, 6.07) is 5.61. The first kappa shape index (κ1) is 11.6. The van der Waals surface area contributed by atoms with Crippen LogP contribution in [0.1, 0.15) is 36.8 Å². The van der Waals surface area contributed by atoms with E-state index in [1.54, 1.807) is 6.07 Å². The maximum atomic E-state index is 13.8. The smallest absolute Gasteiger partial charge is 0.126 e. The van der Waals surface area contributed by atoms with E-state index >= 15 is 0 Å². The lowest BCUT2D eigenvalue weighted by Gasteiger charge is -2.28. The molecule has 1 aliphatic rings. The van der Waals surface area contributed by atoms with Crippen LogP contribution in [0.5, 0.6) is 0 Å². The summed E-state index contributed by atoms with van der Waals surface area (Å²) in [7, 11) is 0. The minimum Gasteiger partial charge on any atom is -0.317 e. The normalized spacial score (nSPS) is 19.7. The third-order valence-corrected chi connectivity index (χ3v) is 3.74. The van der Waals surface area contributed by atoms with Crippen molar-refractivity contribution in [2.75, 3.05) is 13.1 Å². The van der Waals surface area contributed by atoms with Crippen molar-refractivity contribution in [1.82, 2.24) is 5.32 Å². The standard InChI is InChI=1S/C14H20FN/c1-10-3-4-13(14(15)9-10)11(2)12-5-7-16-8-6-12/h3-4,9,11-12,16H,5-8H2,1-2H3. The van der Waals surface area contributed by atoms with Gasteiger partial charge in [0.25, 0.3) is 0 Å². The van der Waals surface area contributed by atoms with Crippen molar-refractivity contribution in [3.8, 4) is 0 Å². The van der Waals surface area contributed by atoms with Gasteiger partial charge in [-0.25, -0.2) is 4.39 Å². The predicted octanol–water partition coefficient (Wildman–Crippen LogP) is 3.24. The molecule has 1 aromatic carbocycles. The Kier molecular flexibility index (Phi) is 3.59. The summed E-state index contributed by atoms with van der Waals surface area (Å²) >= 11 is 0. The second-order valence-corrected chi connectivity index (χ2v) is 4.90. The first-order valence-electron chi connectivity index (χ1n) is 6.15. The predicted molar refractivity (Wildman–Crippen MR) is 65.1 cm³/mol. The highest BCUT2D eigenvalue weighted by Crippen LogP contribution is 2.32. The molecule has 1 saturated heterocycles. The molecule has 1 aliphatic heterocycles. The van der Waals surface area contributed by atoms with Crippen molar-refractivity contribution in [2.24, 2.45) is 5.92 Å². The van der Waals surface area contributed by atoms with Gasteiger partial charge in [-0.2, -0.15) is 0 Å². The van der Waals surface area contributed by atoms with Gasteiger partial charge >= 0.3 is 0 Å². The van der Waals surface area contributed by atoms with Crippen LogP contribution >= 0.6 is 0 Å². The van der Waals surface area contributed by atoms with E-state index in [1.165, 1.54) is 0 Å². The zero-order chi connectivity index (χ0) is 11.5. The molecule has 1 aromatic rings. The fraction of sp³-hybridized carbons (Fsp3) is 0.571. The Hall–Kier alpha value is -0.890. The van der Waals surface area contributed by atoms with Crippen LogP contribution in [-0.4, -0.2) is 13.1 Å². The van der Waals surface area contributed by atoms with E-state index < -0.39 is 0 Å². The molecule has 0 aliphatic carbocycles. The lowest BCUT2D eigenvalue weighted by atomic mass is 9.81. The van der Waals surface area contributed by atoms with Crippen molar-refractivity contribution in [1.29, 1.82) is 0 Å². The van der Waals surface area contributed by atoms with Gasteiger partial charge in [-0.05, 0) is 61.9 Å². The number of hydrogen-bond donors (Lipinski definition) is 1. The molecule has 2 rings (SSSR count). The van der Waals surface area contributed by atoms with Gasteiger partial charge < -0.3 is 5.32 Å². The van der Waals surface area contributed by atoms with Crippen LogP contribution in [0.25, 0.3) is 0 Å². The molecular formula is C14H20FN. The molecule has 16 heavy (non-hydrogen) atoms. The van der Waals surface area contributed by atoms with E-state index in [1.807, 2.05) is 19.1 Å². The van der Waals surface area contributed by atoms with E-state index in [-0.39, 0.29) is 5.82 Å². The first-order valence-corrected chi connectivity index (χ1v) is 6.15. The van der Waals surface area contributed by atoms with Gasteiger partial charge in [0.2, 0.25) is 0 Å². The summed E-state index contributed by atoms with van der Waals surface area (Å²) < 4.78 is 13.8. The van der Waals surface area contributed by atoms with E-state index in [9.17, 15) is 4.39 Å². The molecule has 0 saturated carbocycles. The molecule has 0 bridgehead atoms. The average Bonchev–Trinajstić information content (AvgIpc) is 2.29. The van der Waals surface area contributed by atoms with Gasteiger partial charge in [0, 0.05) is 0 Å². The van der Waals surface area contributed by atoms with Crippen LogP contribution in [-0.2, 0) is 0 Å². The molecule has 0 radical (unpaired) electrons. The largest absolute Gasteiger partial charge is 0.317 e. The molecular weight excluding hydrogens is 201 g/mol. The minimum atomic E-state index is -0.0361. The maximum Gasteiger partial charge on any atom is 0.126 e. The minimum absolute atomic E-state index is 0.0361. The Morgan fingerprint density at radius 2 is 2.00 bits per heavy atom. The first-order chi connectivity index (χ1) is 7.68. The molecule has 0 aromatic heterocycles. The zero-order valence-electron chi connectivity index (χ0n) is 10.1. The van der Waals surface area contributed by atoms with E-state index in [0.29, 0.717) is 11.8 Å². The molecule has 0 spiro atoms. The number of hydrogen-bond acceptors (Lipinski definition) is 1. The van der Waals surface area contributed by atoms with Gasteiger partial charge in [-0.3, -0.25) is 0 Å². The molecule has 0 amide bonds. The van der Waals surface area contributed by atoms with Crippen LogP contribution in [0, 0.1) is 18.7 Å². The zero-order valence-corrected chi connectivity index (χ0v) is 10.1. The van der Waals surface area contributed by atoms with Gasteiger partial charge in [0.05, 0.1) is 0 Å². The number of rotatable bonds is 2. The molecule has 1 heterocycles. The summed E-state index contributed by atoms with van der Waals surface area (Å²) in [6.45, 7) is 6.23. The lowest BCUT2D eigenvalue weighted by Crippen LogP contribution is -2.30. The maximum absolute atomic E-state index is 13.8. The summed E-state index contributed by atoms with van der Waals surface area (Å²) in [5.74, 6) is 0.923. The monoisotopic (exact) mass is 221 g/mol. The summed E-state index contributed by atoms with van der Waals surface area (Å²) in [4.78, 5) is 0. The highest BCUT2D eigenvalue weighted by atomic mass is 19.1. The SMILES string of the molecule is Cc1ccc(C(C)C2CCNCC2)c(F)c1. The van der Waals surface area contributed by atoms with Gasteiger partial charge in [-0.15, -0.1) is 0 Å². The van der Waals surface area contributed by atoms with Crippen molar-refractivity contribution in [2.45, 2.75) is 32.6 Å². The molecule has 1 nitrogen and oxygen atoms in total.